The first-order valence-corrected chi connectivity index (χ1v) is 5.85. The summed E-state index contributed by atoms with van der Waals surface area (Å²) in [5.41, 5.74) is 1.68. The Morgan fingerprint density at radius 1 is 1.40 bits per heavy atom. The molecule has 1 N–H and O–H groups in total. The van der Waals surface area contributed by atoms with Crippen LogP contribution in [0, 0.1) is 17.2 Å². The Hall–Kier alpha value is -1.01. The van der Waals surface area contributed by atoms with Crippen LogP contribution in [-0.2, 0) is 0 Å². The maximum absolute atomic E-state index is 8.80. The number of nitrogens with one attached hydrogen (secondary N) is 1. The molecule has 0 spiro atoms. The zero-order valence-electron chi connectivity index (χ0n) is 9.05. The summed E-state index contributed by atoms with van der Waals surface area (Å²) in [7, 11) is 0. The number of hydrogen-bond acceptors (Lipinski definition) is 2. The Kier molecular flexibility index (Phi) is 4.64. The van der Waals surface area contributed by atoms with Crippen LogP contribution >= 0.6 is 15.9 Å². The quantitative estimate of drug-likeness (QED) is 0.901. The molecule has 0 heterocycles. The average Bonchev–Trinajstić information content (AvgIpc) is 2.16. The van der Waals surface area contributed by atoms with Gasteiger partial charge in [-0.15, -0.1) is 0 Å². The fourth-order valence-corrected chi connectivity index (χ4v) is 1.75. The first-order chi connectivity index (χ1) is 7.11. The minimum Gasteiger partial charge on any atom is -0.385 e. The molecule has 0 bridgehead atoms. The summed E-state index contributed by atoms with van der Waals surface area (Å²) in [5.74, 6) is 0.695. The van der Waals surface area contributed by atoms with Gasteiger partial charge in [-0.05, 0) is 30.5 Å². The zero-order valence-corrected chi connectivity index (χ0v) is 10.6. The van der Waals surface area contributed by atoms with Crippen molar-refractivity contribution in [1.29, 1.82) is 5.26 Å². The van der Waals surface area contributed by atoms with E-state index in [4.69, 9.17) is 5.26 Å². The highest BCUT2D eigenvalue weighted by Crippen LogP contribution is 2.19. The van der Waals surface area contributed by atoms with Crippen LogP contribution in [0.5, 0.6) is 0 Å². The molecule has 0 aromatic heterocycles. The van der Waals surface area contributed by atoms with Crippen LogP contribution in [0.1, 0.15) is 25.8 Å². The van der Waals surface area contributed by atoms with Crippen molar-refractivity contribution >= 4 is 21.6 Å². The first kappa shape index (κ1) is 12.1. The van der Waals surface area contributed by atoms with Gasteiger partial charge in [0.15, 0.2) is 0 Å². The van der Waals surface area contributed by atoms with Crippen LogP contribution in [0.2, 0.25) is 0 Å². The summed E-state index contributed by atoms with van der Waals surface area (Å²) in [6.45, 7) is 5.34. The van der Waals surface area contributed by atoms with Crippen molar-refractivity contribution in [2.75, 3.05) is 11.9 Å². The van der Waals surface area contributed by atoms with Gasteiger partial charge in [-0.2, -0.15) is 5.26 Å². The predicted octanol–water partition coefficient (Wildman–Crippen LogP) is 3.78. The lowest BCUT2D eigenvalue weighted by molar-refractivity contribution is 0.607. The van der Waals surface area contributed by atoms with E-state index in [2.05, 4.69) is 41.2 Å². The molecule has 2 nitrogen and oxygen atoms in total. The Morgan fingerprint density at radius 3 is 2.73 bits per heavy atom. The maximum atomic E-state index is 8.80. The molecule has 0 radical (unpaired) electrons. The molecule has 15 heavy (non-hydrogen) atoms. The molecule has 3 heteroatoms. The lowest BCUT2D eigenvalue weighted by Gasteiger charge is -2.08. The highest BCUT2D eigenvalue weighted by Gasteiger charge is 1.99. The SMILES string of the molecule is CC(C)CCNc1cc(Br)cc(C#N)c1. The average molecular weight is 267 g/mol. The number of anilines is 1. The second-order valence-corrected chi connectivity index (χ2v) is 4.87. The van der Waals surface area contributed by atoms with Gasteiger partial charge < -0.3 is 5.32 Å². The molecule has 1 aromatic carbocycles. The number of nitrogens with zero attached hydrogens (tertiary/aromatic N) is 1. The Labute approximate surface area is 99.4 Å². The van der Waals surface area contributed by atoms with Crippen molar-refractivity contribution < 1.29 is 0 Å². The van der Waals surface area contributed by atoms with Gasteiger partial charge in [0.1, 0.15) is 0 Å². The van der Waals surface area contributed by atoms with Gasteiger partial charge in [-0.1, -0.05) is 29.8 Å². The number of benzene rings is 1. The fraction of sp³-hybridized carbons (Fsp3) is 0.417. The molecule has 1 rings (SSSR count). The molecular formula is C12H15BrN2. The minimum absolute atomic E-state index is 0.677. The molecule has 1 aromatic rings. The van der Waals surface area contributed by atoms with Crippen LogP contribution < -0.4 is 5.32 Å². The molecule has 80 valence electrons. The zero-order chi connectivity index (χ0) is 11.3. The van der Waals surface area contributed by atoms with E-state index in [1.54, 1.807) is 0 Å². The first-order valence-electron chi connectivity index (χ1n) is 5.06. The van der Waals surface area contributed by atoms with Crippen LogP contribution in [0.3, 0.4) is 0 Å². The molecule has 0 fully saturated rings. The van der Waals surface area contributed by atoms with Gasteiger partial charge in [-0.3, -0.25) is 0 Å². The Bertz CT molecular complexity index is 366. The van der Waals surface area contributed by atoms with Crippen molar-refractivity contribution in [2.24, 2.45) is 5.92 Å². The molecule has 0 aliphatic heterocycles. The smallest absolute Gasteiger partial charge is 0.0992 e. The second kappa shape index (κ2) is 5.77. The normalized spacial score (nSPS) is 10.1. The molecule has 0 saturated carbocycles. The van der Waals surface area contributed by atoms with E-state index >= 15 is 0 Å². The number of hydrogen-bond donors (Lipinski definition) is 1. The van der Waals surface area contributed by atoms with E-state index in [1.807, 2.05) is 18.2 Å². The van der Waals surface area contributed by atoms with E-state index in [-0.39, 0.29) is 0 Å². The summed E-state index contributed by atoms with van der Waals surface area (Å²) in [6, 6.07) is 7.80. The largest absolute Gasteiger partial charge is 0.385 e. The summed E-state index contributed by atoms with van der Waals surface area (Å²) in [6.07, 6.45) is 1.13. The minimum atomic E-state index is 0.677. The lowest BCUT2D eigenvalue weighted by atomic mass is 10.1. The van der Waals surface area contributed by atoms with E-state index in [0.29, 0.717) is 11.5 Å². The molecule has 0 saturated heterocycles. The number of nitriles is 1. The highest BCUT2D eigenvalue weighted by atomic mass is 79.9. The molecule has 0 unspecified atom stereocenters. The maximum Gasteiger partial charge on any atom is 0.0992 e. The molecule has 0 aliphatic carbocycles. The molecule has 0 atom stereocenters. The van der Waals surface area contributed by atoms with Crippen LogP contribution in [0.15, 0.2) is 22.7 Å². The van der Waals surface area contributed by atoms with Crippen molar-refractivity contribution in [2.45, 2.75) is 20.3 Å². The lowest BCUT2D eigenvalue weighted by Crippen LogP contribution is -2.04. The van der Waals surface area contributed by atoms with Crippen molar-refractivity contribution in [1.82, 2.24) is 0 Å². The molecule has 0 amide bonds. The third-order valence-electron chi connectivity index (χ3n) is 2.08. The molecular weight excluding hydrogens is 252 g/mol. The Balaban J connectivity index is 2.61. The summed E-state index contributed by atoms with van der Waals surface area (Å²) in [4.78, 5) is 0. The summed E-state index contributed by atoms with van der Waals surface area (Å²) in [5, 5.41) is 12.1. The fourth-order valence-electron chi connectivity index (χ4n) is 1.26. The van der Waals surface area contributed by atoms with Gasteiger partial charge in [0, 0.05) is 16.7 Å². The topological polar surface area (TPSA) is 35.8 Å². The van der Waals surface area contributed by atoms with Crippen LogP contribution in [-0.4, -0.2) is 6.54 Å². The Morgan fingerprint density at radius 2 is 2.13 bits per heavy atom. The molecule has 0 aliphatic rings. The predicted molar refractivity (Wildman–Crippen MR) is 66.8 cm³/mol. The van der Waals surface area contributed by atoms with Gasteiger partial charge in [0.05, 0.1) is 11.6 Å². The summed E-state index contributed by atoms with van der Waals surface area (Å²) >= 11 is 3.38. The third kappa shape index (κ3) is 4.35. The van der Waals surface area contributed by atoms with E-state index in [9.17, 15) is 0 Å². The van der Waals surface area contributed by atoms with E-state index < -0.39 is 0 Å². The van der Waals surface area contributed by atoms with Gasteiger partial charge in [-0.25, -0.2) is 0 Å². The second-order valence-electron chi connectivity index (χ2n) is 3.95. The highest BCUT2D eigenvalue weighted by molar-refractivity contribution is 9.10. The standard InChI is InChI=1S/C12H15BrN2/c1-9(2)3-4-15-12-6-10(8-14)5-11(13)7-12/h5-7,9,15H,3-4H2,1-2H3. The van der Waals surface area contributed by atoms with Gasteiger partial charge >= 0.3 is 0 Å². The van der Waals surface area contributed by atoms with E-state index in [0.717, 1.165) is 23.1 Å². The number of halogens is 1. The van der Waals surface area contributed by atoms with E-state index in [1.165, 1.54) is 0 Å². The van der Waals surface area contributed by atoms with Crippen LogP contribution in [0.25, 0.3) is 0 Å². The van der Waals surface area contributed by atoms with Crippen LogP contribution in [0.4, 0.5) is 5.69 Å². The third-order valence-corrected chi connectivity index (χ3v) is 2.54. The monoisotopic (exact) mass is 266 g/mol. The van der Waals surface area contributed by atoms with Gasteiger partial charge in [0.25, 0.3) is 0 Å². The van der Waals surface area contributed by atoms with Crippen molar-refractivity contribution in [3.63, 3.8) is 0 Å². The van der Waals surface area contributed by atoms with Crippen molar-refractivity contribution in [3.05, 3.63) is 28.2 Å². The summed E-state index contributed by atoms with van der Waals surface area (Å²) < 4.78 is 0.939. The van der Waals surface area contributed by atoms with Gasteiger partial charge in [0.2, 0.25) is 0 Å². The van der Waals surface area contributed by atoms with Crippen molar-refractivity contribution in [3.8, 4) is 6.07 Å². The number of rotatable bonds is 4.